The fraction of sp³-hybridized carbons (Fsp3) is 0.800. The van der Waals surface area contributed by atoms with E-state index in [0.29, 0.717) is 13.1 Å². The molecule has 0 aliphatic carbocycles. The highest BCUT2D eigenvalue weighted by Crippen LogP contribution is 2.06. The molecule has 0 aromatic rings. The van der Waals surface area contributed by atoms with Gasteiger partial charge in [0, 0.05) is 13.0 Å². The first-order valence-electron chi connectivity index (χ1n) is 5.09. The number of amides is 1. The van der Waals surface area contributed by atoms with Gasteiger partial charge in [0.2, 0.25) is 5.91 Å². The number of aliphatic carboxylic acids is 1. The van der Waals surface area contributed by atoms with Crippen molar-refractivity contribution in [3.8, 4) is 0 Å². The Balaban J connectivity index is 3.79. The molecule has 5 heteroatoms. The van der Waals surface area contributed by atoms with Gasteiger partial charge in [-0.3, -0.25) is 9.59 Å². The second-order valence-electron chi connectivity index (χ2n) is 3.91. The zero-order valence-corrected chi connectivity index (χ0v) is 9.62. The second kappa shape index (κ2) is 7.23. The van der Waals surface area contributed by atoms with Gasteiger partial charge in [0.1, 0.15) is 0 Å². The zero-order chi connectivity index (χ0) is 11.8. The van der Waals surface area contributed by atoms with Gasteiger partial charge in [-0.2, -0.15) is 0 Å². The van der Waals surface area contributed by atoms with Crippen LogP contribution in [-0.2, 0) is 9.59 Å². The van der Waals surface area contributed by atoms with Gasteiger partial charge in [-0.15, -0.1) is 0 Å². The predicted molar refractivity (Wildman–Crippen MR) is 57.6 cm³/mol. The minimum absolute atomic E-state index is 0.0219. The molecule has 0 saturated heterocycles. The molecule has 1 unspecified atom stereocenters. The van der Waals surface area contributed by atoms with Gasteiger partial charge in [-0.1, -0.05) is 13.3 Å². The molecule has 0 spiro atoms. The van der Waals surface area contributed by atoms with Crippen LogP contribution in [0, 0.1) is 5.92 Å². The number of hydrogen-bond acceptors (Lipinski definition) is 3. The molecule has 0 aromatic heterocycles. The number of carboxylic acid groups (broad SMARTS) is 1. The van der Waals surface area contributed by atoms with Crippen molar-refractivity contribution >= 4 is 11.9 Å². The molecular weight excluding hydrogens is 196 g/mol. The zero-order valence-electron chi connectivity index (χ0n) is 9.62. The summed E-state index contributed by atoms with van der Waals surface area (Å²) in [6.45, 7) is 2.70. The molecule has 0 aromatic carbocycles. The van der Waals surface area contributed by atoms with Crippen molar-refractivity contribution in [1.29, 1.82) is 0 Å². The van der Waals surface area contributed by atoms with E-state index in [1.807, 2.05) is 21.0 Å². The van der Waals surface area contributed by atoms with Gasteiger partial charge in [0.05, 0.1) is 6.54 Å². The highest BCUT2D eigenvalue weighted by molar-refractivity contribution is 5.78. The first kappa shape index (κ1) is 13.9. The van der Waals surface area contributed by atoms with E-state index in [2.05, 4.69) is 5.32 Å². The van der Waals surface area contributed by atoms with E-state index < -0.39 is 5.97 Å². The molecule has 0 fully saturated rings. The lowest BCUT2D eigenvalue weighted by Crippen LogP contribution is -2.36. The first-order chi connectivity index (χ1) is 6.95. The number of nitrogens with zero attached hydrogens (tertiary/aromatic N) is 1. The molecule has 0 radical (unpaired) electrons. The van der Waals surface area contributed by atoms with Crippen LogP contribution < -0.4 is 5.32 Å². The van der Waals surface area contributed by atoms with Gasteiger partial charge in [0.25, 0.3) is 0 Å². The van der Waals surface area contributed by atoms with Crippen LogP contribution in [0.2, 0.25) is 0 Å². The van der Waals surface area contributed by atoms with Crippen LogP contribution in [0.1, 0.15) is 19.8 Å². The van der Waals surface area contributed by atoms with Gasteiger partial charge in [0.15, 0.2) is 0 Å². The van der Waals surface area contributed by atoms with Gasteiger partial charge in [-0.25, -0.2) is 0 Å². The maximum Gasteiger partial charge on any atom is 0.303 e. The molecule has 1 atom stereocenters. The quantitative estimate of drug-likeness (QED) is 0.636. The van der Waals surface area contributed by atoms with Gasteiger partial charge in [-0.05, 0) is 20.0 Å². The average Bonchev–Trinajstić information content (AvgIpc) is 2.10. The molecule has 88 valence electrons. The molecule has 5 nitrogen and oxygen atoms in total. The van der Waals surface area contributed by atoms with E-state index in [4.69, 9.17) is 5.11 Å². The van der Waals surface area contributed by atoms with E-state index >= 15 is 0 Å². The number of likely N-dealkylation sites (N-methyl/N-ethyl adjacent to an activating group) is 1. The Kier molecular flexibility index (Phi) is 6.70. The number of carbonyl (C=O) groups excluding carboxylic acids is 1. The third-order valence-electron chi connectivity index (χ3n) is 2.09. The number of carboxylic acids is 1. The Labute approximate surface area is 90.5 Å². The predicted octanol–water partition coefficient (Wildman–Crippen LogP) is 0.165. The summed E-state index contributed by atoms with van der Waals surface area (Å²) in [4.78, 5) is 23.5. The monoisotopic (exact) mass is 216 g/mol. The molecule has 0 saturated carbocycles. The second-order valence-corrected chi connectivity index (χ2v) is 3.91. The Morgan fingerprint density at radius 1 is 1.40 bits per heavy atom. The molecule has 1 amide bonds. The largest absolute Gasteiger partial charge is 0.481 e. The normalized spacial score (nSPS) is 12.5. The molecule has 0 aliphatic rings. The summed E-state index contributed by atoms with van der Waals surface area (Å²) in [5, 5.41) is 11.3. The lowest BCUT2D eigenvalue weighted by Gasteiger charge is -2.15. The van der Waals surface area contributed by atoms with E-state index in [1.54, 1.807) is 4.90 Å². The first-order valence-corrected chi connectivity index (χ1v) is 5.09. The van der Waals surface area contributed by atoms with E-state index in [9.17, 15) is 9.59 Å². The third kappa shape index (κ3) is 7.93. The van der Waals surface area contributed by atoms with Gasteiger partial charge >= 0.3 is 5.97 Å². The van der Waals surface area contributed by atoms with Crippen molar-refractivity contribution in [1.82, 2.24) is 10.2 Å². The van der Waals surface area contributed by atoms with Crippen LogP contribution in [0.15, 0.2) is 0 Å². The highest BCUT2D eigenvalue weighted by Gasteiger charge is 2.12. The summed E-state index contributed by atoms with van der Waals surface area (Å²) in [6.07, 6.45) is 0.868. The lowest BCUT2D eigenvalue weighted by molar-refractivity contribution is -0.138. The fourth-order valence-corrected chi connectivity index (χ4v) is 1.21. The van der Waals surface area contributed by atoms with Crippen LogP contribution in [0.3, 0.4) is 0 Å². The Morgan fingerprint density at radius 2 is 2.00 bits per heavy atom. The number of hydrogen-bond donors (Lipinski definition) is 2. The van der Waals surface area contributed by atoms with Crippen LogP contribution in [-0.4, -0.2) is 49.1 Å². The molecule has 0 bridgehead atoms. The maximum atomic E-state index is 11.3. The summed E-state index contributed by atoms with van der Waals surface area (Å²) in [5.74, 6) is -0.860. The summed E-state index contributed by atoms with van der Waals surface area (Å²) < 4.78 is 0. The van der Waals surface area contributed by atoms with Crippen LogP contribution >= 0.6 is 0 Å². The minimum atomic E-state index is -0.816. The SMILES string of the molecule is CCC(CNC(=O)CN(C)C)CC(=O)O. The number of rotatable bonds is 7. The molecule has 0 rings (SSSR count). The topological polar surface area (TPSA) is 69.6 Å². The minimum Gasteiger partial charge on any atom is -0.481 e. The van der Waals surface area contributed by atoms with Gasteiger partial charge < -0.3 is 15.3 Å². The molecule has 15 heavy (non-hydrogen) atoms. The maximum absolute atomic E-state index is 11.3. The van der Waals surface area contributed by atoms with E-state index in [0.717, 1.165) is 6.42 Å². The number of carbonyl (C=O) groups is 2. The van der Waals surface area contributed by atoms with Crippen molar-refractivity contribution in [2.45, 2.75) is 19.8 Å². The number of nitrogens with one attached hydrogen (secondary N) is 1. The Morgan fingerprint density at radius 3 is 2.40 bits per heavy atom. The fourth-order valence-electron chi connectivity index (χ4n) is 1.21. The lowest BCUT2D eigenvalue weighted by atomic mass is 10.0. The summed E-state index contributed by atoms with van der Waals surface area (Å²) in [5.41, 5.74) is 0. The van der Waals surface area contributed by atoms with Crippen molar-refractivity contribution in [3.05, 3.63) is 0 Å². The average molecular weight is 216 g/mol. The van der Waals surface area contributed by atoms with Crippen molar-refractivity contribution in [2.24, 2.45) is 5.92 Å². The standard InChI is InChI=1S/C10H20N2O3/c1-4-8(5-10(14)15)6-11-9(13)7-12(2)3/h8H,4-7H2,1-3H3,(H,11,13)(H,14,15). The van der Waals surface area contributed by atoms with Crippen LogP contribution in [0.4, 0.5) is 0 Å². The molecule has 0 heterocycles. The smallest absolute Gasteiger partial charge is 0.303 e. The van der Waals surface area contributed by atoms with E-state index in [1.165, 1.54) is 0 Å². The van der Waals surface area contributed by atoms with Crippen molar-refractivity contribution in [2.75, 3.05) is 27.2 Å². The summed E-state index contributed by atoms with van der Waals surface area (Å²) in [6, 6.07) is 0. The van der Waals surface area contributed by atoms with Crippen molar-refractivity contribution < 1.29 is 14.7 Å². The Bertz CT molecular complexity index is 217. The summed E-state index contributed by atoms with van der Waals surface area (Å²) >= 11 is 0. The Hall–Kier alpha value is -1.10. The highest BCUT2D eigenvalue weighted by atomic mass is 16.4. The molecule has 0 aliphatic heterocycles. The van der Waals surface area contributed by atoms with Crippen LogP contribution in [0.5, 0.6) is 0 Å². The third-order valence-corrected chi connectivity index (χ3v) is 2.09. The van der Waals surface area contributed by atoms with E-state index in [-0.39, 0.29) is 18.2 Å². The van der Waals surface area contributed by atoms with Crippen molar-refractivity contribution in [3.63, 3.8) is 0 Å². The summed E-state index contributed by atoms with van der Waals surface area (Å²) in [7, 11) is 3.63. The van der Waals surface area contributed by atoms with Crippen LogP contribution in [0.25, 0.3) is 0 Å². The molecule has 2 N–H and O–H groups in total. The molecular formula is C10H20N2O3.